The molecule has 1 aliphatic carbocycles. The highest BCUT2D eigenvalue weighted by Gasteiger charge is 2.38. The van der Waals surface area contributed by atoms with Gasteiger partial charge in [-0.2, -0.15) is 0 Å². The molecule has 28 heavy (non-hydrogen) atoms. The van der Waals surface area contributed by atoms with Crippen molar-refractivity contribution in [3.05, 3.63) is 64.4 Å². The average Bonchev–Trinajstić information content (AvgIpc) is 2.78. The lowest BCUT2D eigenvalue weighted by atomic mass is 9.73. The smallest absolute Gasteiger partial charge is 0.163 e. The number of hydrogen-bond donors (Lipinski definition) is 2. The predicted octanol–water partition coefficient (Wildman–Crippen LogP) is 6.25. The van der Waals surface area contributed by atoms with Crippen molar-refractivity contribution in [2.24, 2.45) is 5.41 Å². The third-order valence-electron chi connectivity index (χ3n) is 5.88. The highest BCUT2D eigenvalue weighted by molar-refractivity contribution is 7.98. The molecule has 2 aromatic carbocycles. The second-order valence-electron chi connectivity index (χ2n) is 8.79. The summed E-state index contributed by atoms with van der Waals surface area (Å²) < 4.78 is 0. The average molecular weight is 393 g/mol. The summed E-state index contributed by atoms with van der Waals surface area (Å²) in [5.74, 6) is 0.242. The van der Waals surface area contributed by atoms with Crippen LogP contribution in [-0.4, -0.2) is 12.0 Å². The van der Waals surface area contributed by atoms with Gasteiger partial charge in [0.2, 0.25) is 0 Å². The van der Waals surface area contributed by atoms with E-state index in [9.17, 15) is 4.79 Å². The molecule has 1 aliphatic heterocycles. The van der Waals surface area contributed by atoms with Crippen LogP contribution in [-0.2, 0) is 4.79 Å². The Balaban J connectivity index is 1.87. The van der Waals surface area contributed by atoms with Crippen molar-refractivity contribution in [1.82, 2.24) is 0 Å². The van der Waals surface area contributed by atoms with Gasteiger partial charge in [-0.1, -0.05) is 26.0 Å². The first-order valence-corrected chi connectivity index (χ1v) is 11.0. The topological polar surface area (TPSA) is 41.1 Å². The summed E-state index contributed by atoms with van der Waals surface area (Å²) in [5, 5.41) is 7.32. The van der Waals surface area contributed by atoms with Gasteiger partial charge in [0.15, 0.2) is 5.78 Å². The van der Waals surface area contributed by atoms with Gasteiger partial charge in [0.25, 0.3) is 0 Å². The van der Waals surface area contributed by atoms with E-state index in [1.807, 2.05) is 0 Å². The van der Waals surface area contributed by atoms with Crippen molar-refractivity contribution >= 4 is 28.9 Å². The van der Waals surface area contributed by atoms with Gasteiger partial charge >= 0.3 is 0 Å². The molecule has 0 bridgehead atoms. The number of hydrogen-bond acceptors (Lipinski definition) is 4. The van der Waals surface area contributed by atoms with E-state index in [-0.39, 0.29) is 17.2 Å². The van der Waals surface area contributed by atoms with Crippen LogP contribution in [0.4, 0.5) is 11.4 Å². The minimum atomic E-state index is -0.134. The molecule has 1 heterocycles. The molecule has 1 atom stereocenters. The minimum absolute atomic E-state index is 0.0274. The molecule has 2 aromatic rings. The zero-order valence-corrected chi connectivity index (χ0v) is 18.1. The molecular weight excluding hydrogens is 364 g/mol. The number of fused-ring (bicyclic) bond motifs is 1. The number of carbonyl (C=O) groups excluding carboxylic acids is 1. The minimum Gasteiger partial charge on any atom is -0.372 e. The Bertz CT molecular complexity index is 973. The molecule has 146 valence electrons. The molecule has 2 N–H and O–H groups in total. The van der Waals surface area contributed by atoms with Crippen LogP contribution >= 0.6 is 11.8 Å². The van der Waals surface area contributed by atoms with E-state index in [1.54, 1.807) is 11.8 Å². The van der Waals surface area contributed by atoms with Crippen LogP contribution in [0.1, 0.15) is 49.4 Å². The van der Waals surface area contributed by atoms with Crippen LogP contribution < -0.4 is 10.6 Å². The molecule has 4 heteroatoms. The summed E-state index contributed by atoms with van der Waals surface area (Å²) in [6, 6.07) is 12.8. The number of ketones is 1. The van der Waals surface area contributed by atoms with Crippen LogP contribution in [0.15, 0.2) is 52.6 Å². The number of rotatable bonds is 2. The van der Waals surface area contributed by atoms with Gasteiger partial charge in [-0.25, -0.2) is 0 Å². The number of allylic oxidation sites excluding steroid dienone is 1. The lowest BCUT2D eigenvalue weighted by Crippen LogP contribution is -2.31. The lowest BCUT2D eigenvalue weighted by molar-refractivity contribution is -0.118. The van der Waals surface area contributed by atoms with Crippen LogP contribution in [0.25, 0.3) is 0 Å². The zero-order chi connectivity index (χ0) is 20.1. The highest BCUT2D eigenvalue weighted by atomic mass is 32.2. The first kappa shape index (κ1) is 19.1. The maximum atomic E-state index is 13.2. The number of carbonyl (C=O) groups is 1. The van der Waals surface area contributed by atoms with E-state index in [0.29, 0.717) is 6.42 Å². The monoisotopic (exact) mass is 392 g/mol. The van der Waals surface area contributed by atoms with E-state index in [0.717, 1.165) is 34.6 Å². The molecule has 0 aromatic heterocycles. The molecule has 4 rings (SSSR count). The number of aryl methyl sites for hydroxylation is 2. The summed E-state index contributed by atoms with van der Waals surface area (Å²) >= 11 is 1.73. The van der Waals surface area contributed by atoms with Crippen molar-refractivity contribution in [2.75, 3.05) is 16.9 Å². The Morgan fingerprint density at radius 1 is 1.00 bits per heavy atom. The van der Waals surface area contributed by atoms with Crippen LogP contribution in [0.2, 0.25) is 0 Å². The molecular formula is C24H28N2OS. The molecule has 2 aliphatic rings. The van der Waals surface area contributed by atoms with Crippen molar-refractivity contribution in [3.63, 3.8) is 0 Å². The summed E-state index contributed by atoms with van der Waals surface area (Å²) in [7, 11) is 0. The molecule has 0 saturated carbocycles. The van der Waals surface area contributed by atoms with Gasteiger partial charge in [-0.3, -0.25) is 4.79 Å². The van der Waals surface area contributed by atoms with E-state index < -0.39 is 0 Å². The Morgan fingerprint density at radius 3 is 2.29 bits per heavy atom. The Hall–Kier alpha value is -2.20. The fraction of sp³-hybridized carbons (Fsp3) is 0.375. The van der Waals surface area contributed by atoms with E-state index in [1.165, 1.54) is 16.0 Å². The number of anilines is 2. The van der Waals surface area contributed by atoms with Gasteiger partial charge in [-0.15, -0.1) is 11.8 Å². The van der Waals surface area contributed by atoms with Crippen LogP contribution in [0, 0.1) is 19.3 Å². The number of thioether (sulfide) groups is 1. The summed E-state index contributed by atoms with van der Waals surface area (Å²) in [4.78, 5) is 14.5. The summed E-state index contributed by atoms with van der Waals surface area (Å²) in [6.07, 6.45) is 3.54. The number of nitrogens with one attached hydrogen (secondary N) is 2. The van der Waals surface area contributed by atoms with Gasteiger partial charge in [-0.05, 0) is 72.9 Å². The SMILES string of the molecule is CSc1ccc([C@H]2Nc3cc(C)c(C)cc3NC3=C2C(=O)CC(C)(C)C3)cc1. The maximum Gasteiger partial charge on any atom is 0.163 e. The highest BCUT2D eigenvalue weighted by Crippen LogP contribution is 2.46. The standard InChI is InChI=1S/C24H28N2OS/c1-14-10-18-19(11-15(14)2)26-23(16-6-8-17(28-5)9-7-16)22-20(25-18)12-24(3,4)13-21(22)27/h6-11,23,25-26H,12-13H2,1-5H3/t23-/m1/s1. The third kappa shape index (κ3) is 3.46. The van der Waals surface area contributed by atoms with Gasteiger partial charge in [0.1, 0.15) is 0 Å². The molecule has 0 spiro atoms. The van der Waals surface area contributed by atoms with Crippen molar-refractivity contribution in [2.45, 2.75) is 51.5 Å². The predicted molar refractivity (Wildman–Crippen MR) is 119 cm³/mol. The fourth-order valence-electron chi connectivity index (χ4n) is 4.26. The third-order valence-corrected chi connectivity index (χ3v) is 6.62. The molecule has 0 unspecified atom stereocenters. The number of benzene rings is 2. The normalized spacial score (nSPS) is 20.6. The lowest BCUT2D eigenvalue weighted by Gasteiger charge is -2.34. The second kappa shape index (κ2) is 7.00. The van der Waals surface area contributed by atoms with Crippen LogP contribution in [0.3, 0.4) is 0 Å². The Labute approximate surface area is 172 Å². The van der Waals surface area contributed by atoms with E-state index in [2.05, 4.69) is 81.0 Å². The quantitative estimate of drug-likeness (QED) is 0.593. The molecule has 0 radical (unpaired) electrons. The summed E-state index contributed by atoms with van der Waals surface area (Å²) in [5.41, 5.74) is 7.67. The largest absolute Gasteiger partial charge is 0.372 e. The Kier molecular flexibility index (Phi) is 4.78. The number of Topliss-reactive ketones (excluding diaryl/α,β-unsaturated/α-hetero) is 1. The van der Waals surface area contributed by atoms with Gasteiger partial charge < -0.3 is 10.6 Å². The van der Waals surface area contributed by atoms with E-state index >= 15 is 0 Å². The van der Waals surface area contributed by atoms with Gasteiger partial charge in [0.05, 0.1) is 17.4 Å². The Morgan fingerprint density at radius 2 is 1.64 bits per heavy atom. The second-order valence-corrected chi connectivity index (χ2v) is 9.67. The first-order chi connectivity index (χ1) is 13.3. The zero-order valence-electron chi connectivity index (χ0n) is 17.3. The fourth-order valence-corrected chi connectivity index (χ4v) is 4.67. The van der Waals surface area contributed by atoms with Crippen molar-refractivity contribution in [1.29, 1.82) is 0 Å². The maximum absolute atomic E-state index is 13.2. The van der Waals surface area contributed by atoms with Crippen molar-refractivity contribution in [3.8, 4) is 0 Å². The van der Waals surface area contributed by atoms with Crippen LogP contribution in [0.5, 0.6) is 0 Å². The summed E-state index contributed by atoms with van der Waals surface area (Å²) in [6.45, 7) is 8.62. The molecule has 3 nitrogen and oxygen atoms in total. The molecule has 0 fully saturated rings. The first-order valence-electron chi connectivity index (χ1n) is 9.82. The van der Waals surface area contributed by atoms with Crippen molar-refractivity contribution < 1.29 is 4.79 Å². The molecule has 0 saturated heterocycles. The van der Waals surface area contributed by atoms with Gasteiger partial charge in [0, 0.05) is 22.6 Å². The molecule has 0 amide bonds. The van der Waals surface area contributed by atoms with E-state index in [4.69, 9.17) is 0 Å².